The van der Waals surface area contributed by atoms with E-state index in [1.165, 1.54) is 0 Å². The van der Waals surface area contributed by atoms with Crippen LogP contribution in [0.15, 0.2) is 48.7 Å². The van der Waals surface area contributed by atoms with E-state index in [1.54, 1.807) is 6.20 Å². The lowest BCUT2D eigenvalue weighted by Gasteiger charge is -2.19. The van der Waals surface area contributed by atoms with Crippen LogP contribution in [0.1, 0.15) is 18.5 Å². The van der Waals surface area contributed by atoms with Crippen molar-refractivity contribution in [1.82, 2.24) is 4.98 Å². The first-order chi connectivity index (χ1) is 9.35. The molecule has 0 aliphatic carbocycles. The molecule has 100 valence electrons. The number of anilines is 1. The lowest BCUT2D eigenvalue weighted by atomic mass is 10.1. The SMILES string of the molecule is CCOc1cccnc1NC(CCl)c1ccccc1. The summed E-state index contributed by atoms with van der Waals surface area (Å²) in [5.41, 5.74) is 1.13. The van der Waals surface area contributed by atoms with Crippen molar-refractivity contribution in [1.29, 1.82) is 0 Å². The molecule has 0 aliphatic rings. The van der Waals surface area contributed by atoms with E-state index in [-0.39, 0.29) is 6.04 Å². The maximum absolute atomic E-state index is 6.05. The van der Waals surface area contributed by atoms with Crippen molar-refractivity contribution in [2.24, 2.45) is 0 Å². The molecule has 19 heavy (non-hydrogen) atoms. The highest BCUT2D eigenvalue weighted by Crippen LogP contribution is 2.26. The molecular formula is C15H17ClN2O. The van der Waals surface area contributed by atoms with Gasteiger partial charge in [-0.25, -0.2) is 4.98 Å². The summed E-state index contributed by atoms with van der Waals surface area (Å²) in [7, 11) is 0. The van der Waals surface area contributed by atoms with Crippen LogP contribution in [0.2, 0.25) is 0 Å². The summed E-state index contributed by atoms with van der Waals surface area (Å²) < 4.78 is 5.55. The Balaban J connectivity index is 2.19. The zero-order chi connectivity index (χ0) is 13.5. The fourth-order valence-corrected chi connectivity index (χ4v) is 2.09. The number of hydrogen-bond donors (Lipinski definition) is 1. The van der Waals surface area contributed by atoms with Crippen LogP contribution in [-0.4, -0.2) is 17.5 Å². The van der Waals surface area contributed by atoms with Crippen molar-refractivity contribution in [3.8, 4) is 5.75 Å². The van der Waals surface area contributed by atoms with Gasteiger partial charge in [-0.15, -0.1) is 11.6 Å². The van der Waals surface area contributed by atoms with Crippen molar-refractivity contribution in [3.05, 3.63) is 54.2 Å². The number of aromatic nitrogens is 1. The van der Waals surface area contributed by atoms with Crippen LogP contribution in [0.5, 0.6) is 5.75 Å². The Kier molecular flexibility index (Phi) is 5.04. The summed E-state index contributed by atoms with van der Waals surface area (Å²) in [6.45, 7) is 2.56. The number of halogens is 1. The zero-order valence-corrected chi connectivity index (χ0v) is 11.6. The van der Waals surface area contributed by atoms with Crippen LogP contribution in [0.3, 0.4) is 0 Å². The van der Waals surface area contributed by atoms with Gasteiger partial charge < -0.3 is 10.1 Å². The highest BCUT2D eigenvalue weighted by atomic mass is 35.5. The Bertz CT molecular complexity index is 505. The maximum atomic E-state index is 6.05. The van der Waals surface area contributed by atoms with Gasteiger partial charge in [0.15, 0.2) is 11.6 Å². The van der Waals surface area contributed by atoms with Gasteiger partial charge in [-0.05, 0) is 24.6 Å². The fraction of sp³-hybridized carbons (Fsp3) is 0.267. The number of rotatable bonds is 6. The van der Waals surface area contributed by atoms with E-state index in [4.69, 9.17) is 16.3 Å². The Morgan fingerprint density at radius 2 is 2.00 bits per heavy atom. The van der Waals surface area contributed by atoms with E-state index in [2.05, 4.69) is 10.3 Å². The summed E-state index contributed by atoms with van der Waals surface area (Å²) in [5, 5.41) is 3.33. The van der Waals surface area contributed by atoms with E-state index in [0.717, 1.165) is 17.1 Å². The van der Waals surface area contributed by atoms with Gasteiger partial charge in [0.05, 0.1) is 12.6 Å². The molecule has 2 aromatic rings. The molecule has 0 amide bonds. The van der Waals surface area contributed by atoms with Crippen LogP contribution in [-0.2, 0) is 0 Å². The van der Waals surface area contributed by atoms with Crippen LogP contribution in [0, 0.1) is 0 Å². The van der Waals surface area contributed by atoms with Gasteiger partial charge in [0.2, 0.25) is 0 Å². The third-order valence-electron chi connectivity index (χ3n) is 2.74. The zero-order valence-electron chi connectivity index (χ0n) is 10.8. The highest BCUT2D eigenvalue weighted by Gasteiger charge is 2.13. The number of nitrogens with zero attached hydrogens (tertiary/aromatic N) is 1. The summed E-state index contributed by atoms with van der Waals surface area (Å²) in [6.07, 6.45) is 1.74. The first-order valence-corrected chi connectivity index (χ1v) is 6.84. The van der Waals surface area contributed by atoms with Crippen molar-refractivity contribution in [2.45, 2.75) is 13.0 Å². The van der Waals surface area contributed by atoms with Crippen molar-refractivity contribution in [3.63, 3.8) is 0 Å². The molecule has 1 aromatic carbocycles. The van der Waals surface area contributed by atoms with E-state index in [0.29, 0.717) is 12.5 Å². The van der Waals surface area contributed by atoms with Crippen LogP contribution in [0.25, 0.3) is 0 Å². The minimum atomic E-state index is 0.0111. The lowest BCUT2D eigenvalue weighted by Crippen LogP contribution is -2.14. The standard InChI is InChI=1S/C15H17ClN2O/c1-2-19-14-9-6-10-17-15(14)18-13(11-16)12-7-4-3-5-8-12/h3-10,13H,2,11H2,1H3,(H,17,18). The van der Waals surface area contributed by atoms with E-state index < -0.39 is 0 Å². The molecule has 0 saturated heterocycles. The Labute approximate surface area is 118 Å². The van der Waals surface area contributed by atoms with Crippen LogP contribution >= 0.6 is 11.6 Å². The summed E-state index contributed by atoms with van der Waals surface area (Å²) in [6, 6.07) is 13.8. The molecule has 2 rings (SSSR count). The third kappa shape index (κ3) is 3.61. The second-order valence-electron chi connectivity index (χ2n) is 4.05. The van der Waals surface area contributed by atoms with Gasteiger partial charge in [-0.3, -0.25) is 0 Å². The van der Waals surface area contributed by atoms with Gasteiger partial charge in [0, 0.05) is 12.1 Å². The van der Waals surface area contributed by atoms with Crippen LogP contribution < -0.4 is 10.1 Å². The van der Waals surface area contributed by atoms with E-state index >= 15 is 0 Å². The molecule has 0 fully saturated rings. The first kappa shape index (κ1) is 13.7. The molecule has 1 N–H and O–H groups in total. The first-order valence-electron chi connectivity index (χ1n) is 6.30. The Morgan fingerprint density at radius 3 is 2.68 bits per heavy atom. The molecule has 1 heterocycles. The number of alkyl halides is 1. The second kappa shape index (κ2) is 7.00. The van der Waals surface area contributed by atoms with Gasteiger partial charge in [0.25, 0.3) is 0 Å². The molecule has 4 heteroatoms. The number of nitrogens with one attached hydrogen (secondary N) is 1. The molecule has 0 radical (unpaired) electrons. The predicted molar refractivity (Wildman–Crippen MR) is 78.9 cm³/mol. The fourth-order valence-electron chi connectivity index (χ4n) is 1.83. The van der Waals surface area contributed by atoms with Crippen LogP contribution in [0.4, 0.5) is 5.82 Å². The number of hydrogen-bond acceptors (Lipinski definition) is 3. The average Bonchev–Trinajstić information content (AvgIpc) is 2.47. The molecular weight excluding hydrogens is 260 g/mol. The number of benzene rings is 1. The Morgan fingerprint density at radius 1 is 1.21 bits per heavy atom. The minimum Gasteiger partial charge on any atom is -0.490 e. The van der Waals surface area contributed by atoms with E-state index in [1.807, 2.05) is 49.4 Å². The molecule has 0 aliphatic heterocycles. The quantitative estimate of drug-likeness (QED) is 0.813. The van der Waals surface area contributed by atoms with E-state index in [9.17, 15) is 0 Å². The summed E-state index contributed by atoms with van der Waals surface area (Å²) in [4.78, 5) is 4.32. The van der Waals surface area contributed by atoms with Gasteiger partial charge in [-0.2, -0.15) is 0 Å². The average molecular weight is 277 g/mol. The van der Waals surface area contributed by atoms with Gasteiger partial charge in [0.1, 0.15) is 0 Å². The third-order valence-corrected chi connectivity index (χ3v) is 3.05. The summed E-state index contributed by atoms with van der Waals surface area (Å²) in [5.74, 6) is 1.93. The summed E-state index contributed by atoms with van der Waals surface area (Å²) >= 11 is 6.05. The molecule has 3 nitrogen and oxygen atoms in total. The molecule has 0 saturated carbocycles. The molecule has 0 bridgehead atoms. The molecule has 1 atom stereocenters. The lowest BCUT2D eigenvalue weighted by molar-refractivity contribution is 0.340. The van der Waals surface area contributed by atoms with Gasteiger partial charge >= 0.3 is 0 Å². The maximum Gasteiger partial charge on any atom is 0.169 e. The van der Waals surface area contributed by atoms with Crippen molar-refractivity contribution in [2.75, 3.05) is 17.8 Å². The monoisotopic (exact) mass is 276 g/mol. The number of pyridine rings is 1. The normalized spacial score (nSPS) is 11.9. The number of ether oxygens (including phenoxy) is 1. The molecule has 0 spiro atoms. The topological polar surface area (TPSA) is 34.1 Å². The van der Waals surface area contributed by atoms with Crippen molar-refractivity contribution < 1.29 is 4.74 Å². The minimum absolute atomic E-state index is 0.0111. The highest BCUT2D eigenvalue weighted by molar-refractivity contribution is 6.18. The van der Waals surface area contributed by atoms with Gasteiger partial charge in [-0.1, -0.05) is 30.3 Å². The largest absolute Gasteiger partial charge is 0.490 e. The molecule has 1 aromatic heterocycles. The predicted octanol–water partition coefficient (Wildman–Crippen LogP) is 3.87. The molecule has 1 unspecified atom stereocenters. The van der Waals surface area contributed by atoms with Crippen molar-refractivity contribution >= 4 is 17.4 Å². The smallest absolute Gasteiger partial charge is 0.169 e. The second-order valence-corrected chi connectivity index (χ2v) is 4.35. The Hall–Kier alpha value is -1.74.